The lowest BCUT2D eigenvalue weighted by molar-refractivity contribution is 0.481. The third-order valence-electron chi connectivity index (χ3n) is 3.83. The lowest BCUT2D eigenvalue weighted by atomic mass is 10.2. The summed E-state index contributed by atoms with van der Waals surface area (Å²) in [6, 6.07) is 10.0. The molecule has 1 aliphatic heterocycles. The number of anilines is 3. The molecule has 25 heavy (non-hydrogen) atoms. The average molecular weight is 392 g/mol. The Balaban J connectivity index is 0.00000225. The molecule has 3 N–H and O–H groups in total. The van der Waals surface area contributed by atoms with Crippen LogP contribution in [0.4, 0.5) is 25.8 Å². The van der Waals surface area contributed by atoms with Crippen LogP contribution in [-0.2, 0) is 0 Å². The topological polar surface area (TPSA) is 59.0 Å². The second kappa shape index (κ2) is 7.76. The quantitative estimate of drug-likeness (QED) is 0.653. The number of hydrogen-bond acceptors (Lipinski definition) is 5. The first kappa shape index (κ1) is 19.7. The summed E-state index contributed by atoms with van der Waals surface area (Å²) in [5.41, 5.74) is 0.321. The van der Waals surface area contributed by atoms with Gasteiger partial charge in [-0.2, -0.15) is 0 Å². The van der Waals surface area contributed by atoms with Crippen LogP contribution < -0.4 is 13.9 Å². The summed E-state index contributed by atoms with van der Waals surface area (Å²) in [5.74, 6) is -1.18. The van der Waals surface area contributed by atoms with E-state index in [-0.39, 0.29) is 36.0 Å². The smallest absolute Gasteiger partial charge is 0.150 e. The van der Waals surface area contributed by atoms with E-state index in [9.17, 15) is 17.9 Å². The van der Waals surface area contributed by atoms with E-state index in [0.29, 0.717) is 13.0 Å². The van der Waals surface area contributed by atoms with Gasteiger partial charge in [0, 0.05) is 6.54 Å². The lowest BCUT2D eigenvalue weighted by Crippen LogP contribution is -2.33. The average Bonchev–Trinajstić information content (AvgIpc) is 2.77. The first-order valence-corrected chi connectivity index (χ1v) is 8.98. The molecule has 0 aromatic heterocycles. The van der Waals surface area contributed by atoms with Crippen LogP contribution in [-0.4, -0.2) is 29.2 Å². The van der Waals surface area contributed by atoms with Gasteiger partial charge >= 0.3 is 0 Å². The number of nitrogens with one attached hydrogen (secondary N) is 1. The fourth-order valence-electron chi connectivity index (χ4n) is 2.78. The van der Waals surface area contributed by atoms with Crippen LogP contribution in [0, 0.1) is 11.6 Å². The van der Waals surface area contributed by atoms with Gasteiger partial charge in [0.1, 0.15) is 23.0 Å². The Kier molecular flexibility index (Phi) is 6.12. The van der Waals surface area contributed by atoms with Gasteiger partial charge in [-0.15, -0.1) is 12.4 Å². The maximum atomic E-state index is 14.4. The van der Waals surface area contributed by atoms with Gasteiger partial charge in [0.05, 0.1) is 5.69 Å². The van der Waals surface area contributed by atoms with Crippen LogP contribution in [0.25, 0.3) is 0 Å². The Morgan fingerprint density at radius 1 is 1.00 bits per heavy atom. The van der Waals surface area contributed by atoms with E-state index in [1.54, 1.807) is 19.2 Å². The van der Waals surface area contributed by atoms with E-state index in [1.165, 1.54) is 34.6 Å². The van der Waals surface area contributed by atoms with Gasteiger partial charge in [-0.3, -0.25) is 9.11 Å². The predicted molar refractivity (Wildman–Crippen MR) is 101 cm³/mol. The number of fused-ring (bicyclic) bond motifs is 1. The monoisotopic (exact) mass is 391 g/mol. The molecule has 0 unspecified atom stereocenters. The van der Waals surface area contributed by atoms with Crippen molar-refractivity contribution >= 4 is 40.4 Å². The molecule has 0 fully saturated rings. The molecular formula is C16H20ClF2N3O2S. The molecule has 0 amide bonds. The Hall–Kier alpha value is -1.58. The minimum atomic E-state index is -3.61. The zero-order valence-electron chi connectivity index (χ0n) is 13.5. The van der Waals surface area contributed by atoms with Gasteiger partial charge in [0.15, 0.2) is 0 Å². The van der Waals surface area contributed by atoms with Gasteiger partial charge < -0.3 is 5.32 Å². The number of para-hydroxylation sites is 2. The molecule has 1 aliphatic rings. The van der Waals surface area contributed by atoms with Crippen molar-refractivity contribution < 1.29 is 17.9 Å². The molecular weight excluding hydrogens is 372 g/mol. The van der Waals surface area contributed by atoms with Crippen molar-refractivity contribution in [2.75, 3.05) is 28.7 Å². The number of hydrogen-bond donors (Lipinski definition) is 3. The van der Waals surface area contributed by atoms with Crippen molar-refractivity contribution in [3.05, 3.63) is 54.1 Å². The van der Waals surface area contributed by atoms with Gasteiger partial charge in [-0.1, -0.05) is 18.2 Å². The summed E-state index contributed by atoms with van der Waals surface area (Å²) >= 11 is 0. The summed E-state index contributed by atoms with van der Waals surface area (Å²) in [4.78, 5) is 0. The molecule has 0 atom stereocenters. The number of benzene rings is 2. The minimum Gasteiger partial charge on any atom is -0.320 e. The molecule has 5 nitrogen and oxygen atoms in total. The fraction of sp³-hybridized carbons (Fsp3) is 0.250. The predicted octanol–water partition coefficient (Wildman–Crippen LogP) is 4.53. The molecule has 1 heterocycles. The van der Waals surface area contributed by atoms with Crippen LogP contribution in [0.5, 0.6) is 0 Å². The Labute approximate surface area is 153 Å². The molecule has 0 bridgehead atoms. The highest BCUT2D eigenvalue weighted by Gasteiger charge is 2.44. The van der Waals surface area contributed by atoms with Crippen LogP contribution in [0.2, 0.25) is 0 Å². The summed E-state index contributed by atoms with van der Waals surface area (Å²) < 4.78 is 52.5. The van der Waals surface area contributed by atoms with E-state index < -0.39 is 22.6 Å². The van der Waals surface area contributed by atoms with Crippen LogP contribution in [0.3, 0.4) is 0 Å². The van der Waals surface area contributed by atoms with E-state index >= 15 is 0 Å². The van der Waals surface area contributed by atoms with E-state index in [4.69, 9.17) is 0 Å². The molecule has 3 rings (SSSR count). The van der Waals surface area contributed by atoms with E-state index in [2.05, 4.69) is 5.32 Å². The van der Waals surface area contributed by atoms with Gasteiger partial charge in [-0.05, 0) is 55.2 Å². The van der Waals surface area contributed by atoms with Crippen molar-refractivity contribution in [1.29, 1.82) is 0 Å². The summed E-state index contributed by atoms with van der Waals surface area (Å²) in [6.45, 7) is 0.859. The molecule has 9 heteroatoms. The Bertz CT molecular complexity index is 751. The lowest BCUT2D eigenvalue weighted by Gasteiger charge is -2.43. The maximum Gasteiger partial charge on any atom is 0.150 e. The van der Waals surface area contributed by atoms with E-state index in [0.717, 1.165) is 4.31 Å². The van der Waals surface area contributed by atoms with Crippen LogP contribution in [0.1, 0.15) is 6.42 Å². The van der Waals surface area contributed by atoms with Crippen molar-refractivity contribution in [2.24, 2.45) is 0 Å². The Morgan fingerprint density at radius 3 is 2.32 bits per heavy atom. The first-order chi connectivity index (χ1) is 11.5. The highest BCUT2D eigenvalue weighted by Crippen LogP contribution is 2.64. The SMILES string of the molecule is CNCCCN1c2c(F)cccc2N(c2ccccc2F)S1(O)O.Cl. The van der Waals surface area contributed by atoms with Crippen LogP contribution in [0.15, 0.2) is 42.5 Å². The first-order valence-electron chi connectivity index (χ1n) is 7.52. The van der Waals surface area contributed by atoms with E-state index in [1.807, 2.05) is 0 Å². The van der Waals surface area contributed by atoms with Crippen molar-refractivity contribution in [2.45, 2.75) is 6.42 Å². The highest BCUT2D eigenvalue weighted by molar-refractivity contribution is 8.27. The second-order valence-electron chi connectivity index (χ2n) is 5.40. The zero-order chi connectivity index (χ0) is 17.3. The molecule has 0 saturated heterocycles. The number of halogens is 3. The molecule has 0 spiro atoms. The van der Waals surface area contributed by atoms with Crippen molar-refractivity contribution in [1.82, 2.24) is 5.32 Å². The fourth-order valence-corrected chi connectivity index (χ4v) is 4.60. The van der Waals surface area contributed by atoms with Gasteiger partial charge in [-0.25, -0.2) is 17.4 Å². The third-order valence-corrected chi connectivity index (χ3v) is 5.67. The zero-order valence-corrected chi connectivity index (χ0v) is 15.2. The Morgan fingerprint density at radius 2 is 1.64 bits per heavy atom. The molecule has 0 radical (unpaired) electrons. The second-order valence-corrected chi connectivity index (χ2v) is 7.19. The summed E-state index contributed by atoms with van der Waals surface area (Å²) in [6.07, 6.45) is 0.575. The van der Waals surface area contributed by atoms with Crippen LogP contribution >= 0.6 is 23.4 Å². The number of rotatable bonds is 5. The highest BCUT2D eigenvalue weighted by atomic mass is 35.5. The molecule has 2 aromatic carbocycles. The largest absolute Gasteiger partial charge is 0.320 e. The molecule has 0 saturated carbocycles. The normalized spacial score (nSPS) is 16.4. The standard InChI is InChI=1S/C16H19F2N3O2S.ClH/c1-19-10-5-11-20-16-13(18)7-4-9-15(16)21(24(20,22)23)14-8-3-2-6-12(14)17;/h2-4,6-9,19,22-23H,5,10-11H2,1H3;1H. The number of nitrogens with zero attached hydrogens (tertiary/aromatic N) is 2. The minimum absolute atomic E-state index is 0. The third kappa shape index (κ3) is 3.40. The molecule has 2 aromatic rings. The van der Waals surface area contributed by atoms with Gasteiger partial charge in [0.25, 0.3) is 0 Å². The summed E-state index contributed by atoms with van der Waals surface area (Å²) in [7, 11) is -1.83. The van der Waals surface area contributed by atoms with Gasteiger partial charge in [0.2, 0.25) is 0 Å². The maximum absolute atomic E-state index is 14.4. The summed E-state index contributed by atoms with van der Waals surface area (Å²) in [5, 5.41) is 2.96. The van der Waals surface area contributed by atoms with Crippen molar-refractivity contribution in [3.63, 3.8) is 0 Å². The molecule has 138 valence electrons. The van der Waals surface area contributed by atoms with Crippen molar-refractivity contribution in [3.8, 4) is 0 Å². The molecule has 0 aliphatic carbocycles.